The van der Waals surface area contributed by atoms with Crippen molar-refractivity contribution in [1.82, 2.24) is 0 Å². The fraction of sp³-hybridized carbons (Fsp3) is 0.125. The van der Waals surface area contributed by atoms with E-state index in [9.17, 15) is 27.2 Å². The quantitative estimate of drug-likeness (QED) is 0.497. The van der Waals surface area contributed by atoms with Gasteiger partial charge in [-0.3, -0.25) is 4.79 Å². The summed E-state index contributed by atoms with van der Waals surface area (Å²) in [7, 11) is 0. The van der Waals surface area contributed by atoms with E-state index in [1.54, 1.807) is 0 Å². The molecule has 1 unspecified atom stereocenters. The maximum absolute atomic E-state index is 13.6. The molecular weight excluding hydrogens is 366 g/mol. The van der Waals surface area contributed by atoms with Crippen molar-refractivity contribution in [2.24, 2.45) is 0 Å². The number of halogens is 5. The summed E-state index contributed by atoms with van der Waals surface area (Å²) in [6.07, 6.45) is -1.49. The zero-order chi connectivity index (χ0) is 18.7. The Bertz CT molecular complexity index is 824. The predicted octanol–water partition coefficient (Wildman–Crippen LogP) is 4.08. The van der Waals surface area contributed by atoms with Gasteiger partial charge in [0.2, 0.25) is 0 Å². The minimum atomic E-state index is -1.76. The molecule has 0 saturated heterocycles. The van der Waals surface area contributed by atoms with Crippen LogP contribution in [0.15, 0.2) is 30.3 Å². The lowest BCUT2D eigenvalue weighted by atomic mass is 10.2. The van der Waals surface area contributed by atoms with E-state index < -0.39 is 52.5 Å². The third-order valence-electron chi connectivity index (χ3n) is 3.11. The van der Waals surface area contributed by atoms with Crippen LogP contribution < -0.4 is 5.32 Å². The van der Waals surface area contributed by atoms with Gasteiger partial charge in [0.1, 0.15) is 11.4 Å². The molecule has 2 aromatic rings. The molecule has 1 atom stereocenters. The molecule has 0 radical (unpaired) electrons. The minimum absolute atomic E-state index is 0.218. The molecule has 2 rings (SSSR count). The van der Waals surface area contributed by atoms with Crippen LogP contribution in [0.5, 0.6) is 0 Å². The van der Waals surface area contributed by atoms with Gasteiger partial charge in [-0.2, -0.15) is 0 Å². The van der Waals surface area contributed by atoms with Crippen molar-refractivity contribution in [2.75, 3.05) is 5.32 Å². The summed E-state index contributed by atoms with van der Waals surface area (Å²) in [4.78, 5) is 23.8. The lowest BCUT2D eigenvalue weighted by Crippen LogP contribution is -2.30. The number of hydrogen-bond donors (Lipinski definition) is 1. The van der Waals surface area contributed by atoms with Gasteiger partial charge in [-0.25, -0.2) is 22.4 Å². The highest BCUT2D eigenvalue weighted by atomic mass is 35.5. The average molecular weight is 376 g/mol. The maximum Gasteiger partial charge on any atom is 0.343 e. The van der Waals surface area contributed by atoms with Crippen molar-refractivity contribution < 1.29 is 31.9 Å². The monoisotopic (exact) mass is 375 g/mol. The first-order valence-electron chi connectivity index (χ1n) is 6.81. The van der Waals surface area contributed by atoms with Gasteiger partial charge in [0.05, 0.1) is 10.7 Å². The molecule has 1 amide bonds. The second-order valence-corrected chi connectivity index (χ2v) is 5.26. The number of rotatable bonds is 4. The largest absolute Gasteiger partial charge is 0.449 e. The molecular formula is C16H10ClF4NO3. The lowest BCUT2D eigenvalue weighted by Gasteiger charge is -2.15. The minimum Gasteiger partial charge on any atom is -0.449 e. The van der Waals surface area contributed by atoms with Crippen molar-refractivity contribution in [3.8, 4) is 0 Å². The van der Waals surface area contributed by atoms with Crippen molar-refractivity contribution >= 4 is 29.2 Å². The van der Waals surface area contributed by atoms with Gasteiger partial charge in [-0.15, -0.1) is 0 Å². The molecule has 132 valence electrons. The third-order valence-corrected chi connectivity index (χ3v) is 3.43. The molecule has 0 bridgehead atoms. The number of carbonyl (C=O) groups is 2. The summed E-state index contributed by atoms with van der Waals surface area (Å²) in [6.45, 7) is 1.12. The van der Waals surface area contributed by atoms with E-state index in [0.29, 0.717) is 6.07 Å². The number of carbonyl (C=O) groups excluding carboxylic acids is 2. The van der Waals surface area contributed by atoms with Gasteiger partial charge in [-0.1, -0.05) is 17.7 Å². The van der Waals surface area contributed by atoms with E-state index >= 15 is 0 Å². The fourth-order valence-electron chi connectivity index (χ4n) is 1.82. The van der Waals surface area contributed by atoms with E-state index in [2.05, 4.69) is 0 Å². The number of esters is 1. The highest BCUT2D eigenvalue weighted by molar-refractivity contribution is 6.33. The molecule has 0 fully saturated rings. The van der Waals surface area contributed by atoms with E-state index in [-0.39, 0.29) is 5.02 Å². The maximum atomic E-state index is 13.6. The van der Waals surface area contributed by atoms with E-state index in [1.807, 2.05) is 5.32 Å². The molecule has 0 saturated carbocycles. The Morgan fingerprint density at radius 2 is 1.72 bits per heavy atom. The van der Waals surface area contributed by atoms with E-state index in [4.69, 9.17) is 16.3 Å². The molecule has 9 heteroatoms. The topological polar surface area (TPSA) is 55.4 Å². The molecule has 2 aromatic carbocycles. The predicted molar refractivity (Wildman–Crippen MR) is 81.2 cm³/mol. The van der Waals surface area contributed by atoms with Crippen LogP contribution in [0.2, 0.25) is 5.02 Å². The van der Waals surface area contributed by atoms with Gasteiger partial charge in [0.15, 0.2) is 23.6 Å². The second kappa shape index (κ2) is 7.52. The first-order chi connectivity index (χ1) is 11.7. The summed E-state index contributed by atoms with van der Waals surface area (Å²) in [5.74, 6) is -7.99. The highest BCUT2D eigenvalue weighted by Gasteiger charge is 2.24. The van der Waals surface area contributed by atoms with Crippen molar-refractivity contribution in [3.05, 3.63) is 64.2 Å². The van der Waals surface area contributed by atoms with Crippen LogP contribution in [0.1, 0.15) is 17.3 Å². The Morgan fingerprint density at radius 3 is 2.36 bits per heavy atom. The van der Waals surface area contributed by atoms with Crippen LogP contribution in [0.25, 0.3) is 0 Å². The Kier molecular flexibility index (Phi) is 5.63. The number of amides is 1. The molecule has 0 aliphatic heterocycles. The highest BCUT2D eigenvalue weighted by Crippen LogP contribution is 2.22. The first-order valence-corrected chi connectivity index (χ1v) is 7.19. The van der Waals surface area contributed by atoms with Crippen LogP contribution in [0, 0.1) is 23.3 Å². The standard InChI is InChI=1S/C16H10ClF4NO3/c1-7(25-16(24)12-8(17)3-2-4-9(12)18)15(23)22-11-6-5-10(19)13(20)14(11)21/h2-7H,1H3,(H,22,23). The Morgan fingerprint density at radius 1 is 1.04 bits per heavy atom. The van der Waals surface area contributed by atoms with Gasteiger partial charge in [0, 0.05) is 0 Å². The molecule has 4 nitrogen and oxygen atoms in total. The van der Waals surface area contributed by atoms with Crippen LogP contribution >= 0.6 is 11.6 Å². The number of nitrogens with one attached hydrogen (secondary N) is 1. The fourth-order valence-corrected chi connectivity index (χ4v) is 2.06. The number of benzene rings is 2. The number of ether oxygens (including phenoxy) is 1. The summed E-state index contributed by atoms with van der Waals surface area (Å²) in [5, 5.41) is 1.72. The van der Waals surface area contributed by atoms with E-state index in [0.717, 1.165) is 19.1 Å². The molecule has 1 N–H and O–H groups in total. The van der Waals surface area contributed by atoms with Gasteiger partial charge in [0.25, 0.3) is 5.91 Å². The Labute approximate surface area is 144 Å². The lowest BCUT2D eigenvalue weighted by molar-refractivity contribution is -0.123. The summed E-state index contributed by atoms with van der Waals surface area (Å²) in [6, 6.07) is 4.92. The van der Waals surface area contributed by atoms with Crippen LogP contribution in [-0.2, 0) is 9.53 Å². The van der Waals surface area contributed by atoms with Gasteiger partial charge >= 0.3 is 5.97 Å². The van der Waals surface area contributed by atoms with Crippen molar-refractivity contribution in [1.29, 1.82) is 0 Å². The summed E-state index contributed by atoms with van der Waals surface area (Å²) in [5.41, 5.74) is -1.21. The zero-order valence-corrected chi connectivity index (χ0v) is 13.3. The number of hydrogen-bond acceptors (Lipinski definition) is 3. The summed E-state index contributed by atoms with van der Waals surface area (Å²) >= 11 is 5.70. The zero-order valence-electron chi connectivity index (χ0n) is 12.6. The first kappa shape index (κ1) is 18.7. The van der Waals surface area contributed by atoms with Crippen molar-refractivity contribution in [3.63, 3.8) is 0 Å². The smallest absolute Gasteiger partial charge is 0.343 e. The average Bonchev–Trinajstić information content (AvgIpc) is 2.55. The van der Waals surface area contributed by atoms with Crippen LogP contribution in [0.4, 0.5) is 23.2 Å². The molecule has 0 spiro atoms. The normalized spacial score (nSPS) is 11.8. The number of anilines is 1. The second-order valence-electron chi connectivity index (χ2n) is 4.86. The Balaban J connectivity index is 2.11. The van der Waals surface area contributed by atoms with Crippen molar-refractivity contribution in [2.45, 2.75) is 13.0 Å². The van der Waals surface area contributed by atoms with Crippen LogP contribution in [-0.4, -0.2) is 18.0 Å². The molecule has 0 aliphatic carbocycles. The summed E-state index contributed by atoms with van der Waals surface area (Å²) < 4.78 is 57.9. The Hall–Kier alpha value is -2.61. The molecule has 0 heterocycles. The third kappa shape index (κ3) is 4.08. The molecule has 0 aliphatic rings. The van der Waals surface area contributed by atoms with Gasteiger partial charge in [-0.05, 0) is 31.2 Å². The molecule has 25 heavy (non-hydrogen) atoms. The van der Waals surface area contributed by atoms with E-state index in [1.165, 1.54) is 12.1 Å². The van der Waals surface area contributed by atoms with Gasteiger partial charge < -0.3 is 10.1 Å². The van der Waals surface area contributed by atoms with Crippen LogP contribution in [0.3, 0.4) is 0 Å². The molecule has 0 aromatic heterocycles. The SMILES string of the molecule is CC(OC(=O)c1c(F)cccc1Cl)C(=O)Nc1ccc(F)c(F)c1F.